The lowest BCUT2D eigenvalue weighted by Crippen LogP contribution is -2.49. The van der Waals surface area contributed by atoms with E-state index in [1.165, 1.54) is 108 Å². The average Bonchev–Trinajstić information content (AvgIpc) is 3.35. The number of unbranched alkanes of at least 4 members (excludes halogenated alkanes) is 17. The zero-order valence-electron chi connectivity index (χ0n) is 45.3. The molecule has 1 aromatic heterocycles. The Morgan fingerprint density at radius 2 is 1.42 bits per heavy atom. The Morgan fingerprint density at radius 3 is 2.03 bits per heavy atom. The SMILES string of the molecule is CCCCC[C@H](O)C=C[C@H]1C(=O)/C=C\[C@@H]2C/C=C\CCCC(=O)OC[C@@H](OC(=O)CCCCCCCCCCCCCCCCCCC(C)C)COP(=O)(O)OP(=O)(O)OC[C@@H](O[C@H]2n2ccc(N)nc2=O)[C@@H](O)[C@H]1O. The van der Waals surface area contributed by atoms with Gasteiger partial charge in [-0.3, -0.25) is 28.0 Å². The number of ether oxygens (including phenoxy) is 3. The van der Waals surface area contributed by atoms with E-state index in [1.807, 2.05) is 6.92 Å². The third kappa shape index (κ3) is 28.5. The second kappa shape index (κ2) is 37.5. The Kier molecular flexibility index (Phi) is 33.0. The van der Waals surface area contributed by atoms with E-state index in [4.69, 9.17) is 29.0 Å². The van der Waals surface area contributed by atoms with Crippen LogP contribution < -0.4 is 11.4 Å². The summed E-state index contributed by atoms with van der Waals surface area (Å²) >= 11 is 0. The van der Waals surface area contributed by atoms with Crippen LogP contribution in [0.5, 0.6) is 0 Å². The standard InChI is InChI=1S/C54H91N3O17P2/c1-4-5-22-29-43(58)33-34-45-46(59)35-32-42-28-24-20-21-25-30-49(60)69-38-44(72-50(61)31-26-19-17-15-13-11-9-7-6-8-10-12-14-16-18-23-27-41(2)3)39-70-75(65,66)74-76(67,68)71-40-47(52(63)51(45)62)73-53(42)57-37-36-48(55)56-54(57)64/h20,24,32-37,41-45,47,51-53,58,62-63H,4-19,21-23,25-31,38-40H2,1-3H3,(H,65,66)(H,67,68)(H2,55,56,64)/b24-20-,34-33?,35-32-/t42-,43-,44+,45-,47+,51-,52+,53+/m0/s1. The van der Waals surface area contributed by atoms with Crippen LogP contribution in [0, 0.1) is 17.8 Å². The van der Waals surface area contributed by atoms with Crippen molar-refractivity contribution in [1.29, 1.82) is 0 Å². The topological polar surface area (TPSA) is 303 Å². The maximum absolute atomic E-state index is 13.8. The van der Waals surface area contributed by atoms with Crippen LogP contribution >= 0.6 is 15.6 Å². The van der Waals surface area contributed by atoms with Gasteiger partial charge in [0.2, 0.25) is 0 Å². The summed E-state index contributed by atoms with van der Waals surface area (Å²) in [4.78, 5) is 78.1. The summed E-state index contributed by atoms with van der Waals surface area (Å²) in [6.07, 6.45) is 23.2. The lowest BCUT2D eigenvalue weighted by Gasteiger charge is -2.36. The van der Waals surface area contributed by atoms with E-state index in [1.54, 1.807) is 12.2 Å². The number of fused-ring (bicyclic) bond motifs is 3. The number of allylic oxidation sites excluding steroid dienone is 3. The fourth-order valence-electron chi connectivity index (χ4n) is 8.94. The number of ketones is 1. The van der Waals surface area contributed by atoms with Gasteiger partial charge >= 0.3 is 33.3 Å². The molecule has 20 nitrogen and oxygen atoms in total. The molecule has 0 aromatic carbocycles. The number of rotatable bonds is 27. The van der Waals surface area contributed by atoms with Crippen molar-refractivity contribution in [3.05, 3.63) is 59.2 Å². The molecule has 10 atom stereocenters. The molecule has 0 fully saturated rings. The molecular weight excluding hydrogens is 1020 g/mol. The second-order valence-corrected chi connectivity index (χ2v) is 23.6. The van der Waals surface area contributed by atoms with Crippen molar-refractivity contribution in [3.63, 3.8) is 0 Å². The van der Waals surface area contributed by atoms with E-state index >= 15 is 0 Å². The van der Waals surface area contributed by atoms with Gasteiger partial charge in [0.15, 0.2) is 11.9 Å². The first-order chi connectivity index (χ1) is 36.3. The number of nitrogen functional groups attached to an aromatic ring is 1. The first-order valence-electron chi connectivity index (χ1n) is 27.9. The van der Waals surface area contributed by atoms with Crippen molar-refractivity contribution in [2.45, 2.75) is 224 Å². The molecule has 0 spiro atoms. The number of aliphatic hydroxyl groups excluding tert-OH is 3. The number of phosphoric ester groups is 2. The van der Waals surface area contributed by atoms with Gasteiger partial charge in [-0.15, -0.1) is 0 Å². The highest BCUT2D eigenvalue weighted by Gasteiger charge is 2.42. The molecule has 2 aliphatic rings. The highest BCUT2D eigenvalue weighted by Crippen LogP contribution is 2.60. The third-order valence-corrected chi connectivity index (χ3v) is 16.0. The molecule has 0 saturated carbocycles. The fraction of sp³-hybridized carbons (Fsp3) is 0.759. The largest absolute Gasteiger partial charge is 0.481 e. The Balaban J connectivity index is 1.68. The van der Waals surface area contributed by atoms with E-state index in [0.717, 1.165) is 55.1 Å². The second-order valence-electron chi connectivity index (χ2n) is 20.6. The molecule has 2 aliphatic heterocycles. The molecule has 0 aliphatic carbocycles. The molecule has 76 heavy (non-hydrogen) atoms. The van der Waals surface area contributed by atoms with Gasteiger partial charge in [-0.1, -0.05) is 173 Å². The zero-order chi connectivity index (χ0) is 55.8. The van der Waals surface area contributed by atoms with Gasteiger partial charge < -0.3 is 45.1 Å². The van der Waals surface area contributed by atoms with Crippen molar-refractivity contribution in [2.75, 3.05) is 25.6 Å². The molecule has 1 aromatic rings. The van der Waals surface area contributed by atoms with Crippen LogP contribution in [0.2, 0.25) is 0 Å². The van der Waals surface area contributed by atoms with Gasteiger partial charge in [-0.25, -0.2) is 13.9 Å². The minimum atomic E-state index is -5.68. The van der Waals surface area contributed by atoms with E-state index in [9.17, 15) is 53.4 Å². The van der Waals surface area contributed by atoms with Gasteiger partial charge in [0, 0.05) is 25.0 Å². The van der Waals surface area contributed by atoms with Crippen LogP contribution in [0.1, 0.15) is 194 Å². The van der Waals surface area contributed by atoms with Crippen molar-refractivity contribution in [1.82, 2.24) is 9.55 Å². The molecule has 2 bridgehead atoms. The van der Waals surface area contributed by atoms with Crippen LogP contribution in [-0.4, -0.2) is 103 Å². The normalized spacial score (nSPS) is 28.1. The summed E-state index contributed by atoms with van der Waals surface area (Å²) in [6, 6.07) is 1.28. The van der Waals surface area contributed by atoms with E-state index in [2.05, 4.69) is 23.1 Å². The summed E-state index contributed by atoms with van der Waals surface area (Å²) in [7, 11) is -11.2. The molecule has 22 heteroatoms. The van der Waals surface area contributed by atoms with Gasteiger partial charge in [0.05, 0.1) is 31.3 Å². The number of nitrogens with two attached hydrogens (primary N) is 1. The Hall–Kier alpha value is -3.39. The number of nitrogens with zero attached hydrogens (tertiary/aromatic N) is 2. The number of esters is 2. The Bertz CT molecular complexity index is 2080. The number of hydrogen-bond donors (Lipinski definition) is 6. The number of anilines is 1. The lowest BCUT2D eigenvalue weighted by molar-refractivity contribution is -0.167. The maximum atomic E-state index is 13.8. The summed E-state index contributed by atoms with van der Waals surface area (Å²) in [5, 5.41) is 33.9. The first kappa shape index (κ1) is 66.9. The predicted octanol–water partition coefficient (Wildman–Crippen LogP) is 9.81. The highest BCUT2D eigenvalue weighted by molar-refractivity contribution is 7.61. The molecule has 3 heterocycles. The van der Waals surface area contributed by atoms with Crippen LogP contribution in [-0.2, 0) is 51.1 Å². The van der Waals surface area contributed by atoms with Gasteiger partial charge in [-0.05, 0) is 50.2 Å². The molecular formula is C54H91N3O17P2. The van der Waals surface area contributed by atoms with E-state index < -0.39 is 107 Å². The molecule has 0 saturated heterocycles. The predicted molar refractivity (Wildman–Crippen MR) is 288 cm³/mol. The Morgan fingerprint density at radius 1 is 0.829 bits per heavy atom. The number of cyclic esters (lactones) is 1. The van der Waals surface area contributed by atoms with Crippen molar-refractivity contribution >= 4 is 39.2 Å². The van der Waals surface area contributed by atoms with Crippen LogP contribution in [0.4, 0.5) is 5.82 Å². The first-order valence-corrected chi connectivity index (χ1v) is 30.9. The Labute approximate surface area is 450 Å². The van der Waals surface area contributed by atoms with Crippen LogP contribution in [0.25, 0.3) is 0 Å². The van der Waals surface area contributed by atoms with E-state index in [0.29, 0.717) is 32.1 Å². The number of carbonyl (C=O) groups excluding carboxylic acids is 3. The molecule has 0 radical (unpaired) electrons. The summed E-state index contributed by atoms with van der Waals surface area (Å²) in [5.41, 5.74) is 4.84. The number of hydrogen-bond acceptors (Lipinski definition) is 17. The summed E-state index contributed by atoms with van der Waals surface area (Å²) in [5.74, 6) is -3.87. The molecule has 7 N–H and O–H groups in total. The third-order valence-electron chi connectivity index (χ3n) is 13.4. The minimum absolute atomic E-state index is 0.0126. The maximum Gasteiger partial charge on any atom is 0.481 e. The van der Waals surface area contributed by atoms with Crippen molar-refractivity contribution in [3.8, 4) is 0 Å². The average molecular weight is 1120 g/mol. The molecule has 434 valence electrons. The molecule has 0 amide bonds. The smallest absolute Gasteiger partial charge is 0.462 e. The quantitative estimate of drug-likeness (QED) is 0.0207. The number of aromatic nitrogens is 2. The number of phosphoric acid groups is 2. The lowest BCUT2D eigenvalue weighted by atomic mass is 9.88. The van der Waals surface area contributed by atoms with E-state index in [-0.39, 0.29) is 25.1 Å². The van der Waals surface area contributed by atoms with Crippen LogP contribution in [0.15, 0.2) is 53.5 Å². The minimum Gasteiger partial charge on any atom is -0.462 e. The molecule has 3 rings (SSSR count). The van der Waals surface area contributed by atoms with Crippen LogP contribution in [0.3, 0.4) is 0 Å². The van der Waals surface area contributed by atoms with Gasteiger partial charge in [0.1, 0.15) is 30.9 Å². The zero-order valence-corrected chi connectivity index (χ0v) is 47.1. The fourth-order valence-corrected chi connectivity index (χ4v) is 11.1. The highest BCUT2D eigenvalue weighted by atomic mass is 31.3. The summed E-state index contributed by atoms with van der Waals surface area (Å²) < 4.78 is 59.3. The van der Waals surface area contributed by atoms with Crippen molar-refractivity contribution < 1.29 is 76.2 Å². The van der Waals surface area contributed by atoms with Crippen molar-refractivity contribution in [2.24, 2.45) is 17.8 Å². The van der Waals surface area contributed by atoms with Gasteiger partial charge in [-0.2, -0.15) is 9.29 Å². The molecule has 2 unspecified atom stereocenters. The van der Waals surface area contributed by atoms with Gasteiger partial charge in [0.25, 0.3) is 0 Å². The summed E-state index contributed by atoms with van der Waals surface area (Å²) in [6.45, 7) is 3.91. The number of carbonyl (C=O) groups is 3. The number of aliphatic hydroxyl groups is 3. The monoisotopic (exact) mass is 1120 g/mol.